The molecule has 0 saturated carbocycles. The van der Waals surface area contributed by atoms with Crippen molar-refractivity contribution in [1.82, 2.24) is 0 Å². The van der Waals surface area contributed by atoms with Crippen LogP contribution in [0.15, 0.2) is 46.9 Å². The molecule has 0 aromatic heterocycles. The molecule has 1 N–H and O–H groups in total. The lowest BCUT2D eigenvalue weighted by atomic mass is 9.92. The molecule has 0 heterocycles. The van der Waals surface area contributed by atoms with Crippen LogP contribution < -0.4 is 4.74 Å². The minimum atomic E-state index is -0.0102. The predicted octanol–water partition coefficient (Wildman–Crippen LogP) is 4.43. The van der Waals surface area contributed by atoms with Crippen LogP contribution in [-0.2, 0) is 6.42 Å². The average molecular weight is 356 g/mol. The van der Waals surface area contributed by atoms with E-state index in [2.05, 4.69) is 15.9 Å². The molecule has 0 aliphatic heterocycles. The topological polar surface area (TPSA) is 29.5 Å². The van der Waals surface area contributed by atoms with Crippen molar-refractivity contribution in [2.75, 3.05) is 13.7 Å². The number of halogens is 2. The molecule has 0 radical (unpaired) electrons. The molecule has 2 aromatic rings. The van der Waals surface area contributed by atoms with E-state index >= 15 is 0 Å². The summed E-state index contributed by atoms with van der Waals surface area (Å²) in [6.07, 6.45) is 0.725. The SMILES string of the molecule is COc1ccc(CC(CO)c2ccccc2Cl)cc1Br. The van der Waals surface area contributed by atoms with Gasteiger partial charge in [0, 0.05) is 10.9 Å². The number of rotatable bonds is 5. The highest BCUT2D eigenvalue weighted by Gasteiger charge is 2.15. The molecule has 2 aromatic carbocycles. The number of aliphatic hydroxyl groups excluding tert-OH is 1. The Balaban J connectivity index is 2.23. The first-order valence-corrected chi connectivity index (χ1v) is 7.50. The number of aliphatic hydroxyl groups is 1. The largest absolute Gasteiger partial charge is 0.496 e. The number of benzene rings is 2. The third-order valence-electron chi connectivity index (χ3n) is 3.26. The second kappa shape index (κ2) is 7.11. The molecule has 0 aliphatic rings. The summed E-state index contributed by atoms with van der Waals surface area (Å²) < 4.78 is 6.13. The quantitative estimate of drug-likeness (QED) is 0.860. The van der Waals surface area contributed by atoms with Gasteiger partial charge in [0.25, 0.3) is 0 Å². The van der Waals surface area contributed by atoms with Crippen molar-refractivity contribution < 1.29 is 9.84 Å². The van der Waals surface area contributed by atoms with Crippen molar-refractivity contribution in [3.8, 4) is 5.75 Å². The Morgan fingerprint density at radius 1 is 1.25 bits per heavy atom. The Hall–Kier alpha value is -1.03. The fourth-order valence-corrected chi connectivity index (χ4v) is 3.08. The third kappa shape index (κ3) is 3.54. The lowest BCUT2D eigenvalue weighted by molar-refractivity contribution is 0.264. The van der Waals surface area contributed by atoms with Gasteiger partial charge in [-0.1, -0.05) is 35.9 Å². The molecule has 20 heavy (non-hydrogen) atoms. The van der Waals surface area contributed by atoms with Crippen LogP contribution in [0.2, 0.25) is 5.02 Å². The van der Waals surface area contributed by atoms with E-state index in [1.165, 1.54) is 0 Å². The molecule has 106 valence electrons. The van der Waals surface area contributed by atoms with Crippen molar-refractivity contribution in [3.63, 3.8) is 0 Å². The van der Waals surface area contributed by atoms with Crippen LogP contribution in [0.4, 0.5) is 0 Å². The van der Waals surface area contributed by atoms with Gasteiger partial charge >= 0.3 is 0 Å². The summed E-state index contributed by atoms with van der Waals surface area (Å²) >= 11 is 9.68. The van der Waals surface area contributed by atoms with E-state index in [-0.39, 0.29) is 12.5 Å². The molecular formula is C16H16BrClO2. The van der Waals surface area contributed by atoms with Crippen molar-refractivity contribution >= 4 is 27.5 Å². The second-order valence-electron chi connectivity index (χ2n) is 4.57. The zero-order chi connectivity index (χ0) is 14.5. The van der Waals surface area contributed by atoms with E-state index in [0.29, 0.717) is 5.02 Å². The van der Waals surface area contributed by atoms with Crippen molar-refractivity contribution in [2.45, 2.75) is 12.3 Å². The fourth-order valence-electron chi connectivity index (χ4n) is 2.20. The van der Waals surface area contributed by atoms with E-state index in [1.54, 1.807) is 7.11 Å². The third-order valence-corrected chi connectivity index (χ3v) is 4.23. The Morgan fingerprint density at radius 2 is 2.00 bits per heavy atom. The van der Waals surface area contributed by atoms with Crippen LogP contribution in [0.1, 0.15) is 17.0 Å². The van der Waals surface area contributed by atoms with Gasteiger partial charge < -0.3 is 9.84 Å². The van der Waals surface area contributed by atoms with Gasteiger partial charge in [-0.3, -0.25) is 0 Å². The summed E-state index contributed by atoms with van der Waals surface area (Å²) in [6.45, 7) is 0.0629. The smallest absolute Gasteiger partial charge is 0.133 e. The van der Waals surface area contributed by atoms with Crippen molar-refractivity contribution in [2.24, 2.45) is 0 Å². The highest BCUT2D eigenvalue weighted by Crippen LogP contribution is 2.30. The molecule has 0 bridgehead atoms. The average Bonchev–Trinajstić information content (AvgIpc) is 2.46. The maximum Gasteiger partial charge on any atom is 0.133 e. The van der Waals surface area contributed by atoms with Crippen LogP contribution in [0.5, 0.6) is 5.75 Å². The summed E-state index contributed by atoms with van der Waals surface area (Å²) in [6, 6.07) is 13.6. The standard InChI is InChI=1S/C16H16BrClO2/c1-20-16-7-6-11(9-14(16)17)8-12(10-19)13-4-2-3-5-15(13)18/h2-7,9,12,19H,8,10H2,1H3. The monoisotopic (exact) mass is 354 g/mol. The van der Waals surface area contributed by atoms with E-state index in [1.807, 2.05) is 42.5 Å². The van der Waals surface area contributed by atoms with Gasteiger partial charge in [-0.15, -0.1) is 0 Å². The first-order valence-electron chi connectivity index (χ1n) is 6.33. The molecule has 4 heteroatoms. The Bertz CT molecular complexity index is 586. The molecule has 1 unspecified atom stereocenters. The molecule has 0 saturated heterocycles. The molecule has 1 atom stereocenters. The molecule has 0 aliphatic carbocycles. The van der Waals surface area contributed by atoms with Gasteiger partial charge in [-0.2, -0.15) is 0 Å². The van der Waals surface area contributed by atoms with Gasteiger partial charge in [-0.25, -0.2) is 0 Å². The first-order chi connectivity index (χ1) is 9.65. The summed E-state index contributed by atoms with van der Waals surface area (Å²) in [5.41, 5.74) is 2.10. The minimum Gasteiger partial charge on any atom is -0.496 e. The van der Waals surface area contributed by atoms with Gasteiger partial charge in [0.1, 0.15) is 5.75 Å². The van der Waals surface area contributed by atoms with Gasteiger partial charge in [0.05, 0.1) is 18.2 Å². The van der Waals surface area contributed by atoms with E-state index in [0.717, 1.165) is 27.8 Å². The van der Waals surface area contributed by atoms with Crippen LogP contribution in [0.3, 0.4) is 0 Å². The normalized spacial score (nSPS) is 12.2. The zero-order valence-electron chi connectivity index (χ0n) is 11.1. The van der Waals surface area contributed by atoms with Crippen molar-refractivity contribution in [3.05, 3.63) is 63.1 Å². The lowest BCUT2D eigenvalue weighted by Gasteiger charge is -2.17. The second-order valence-corrected chi connectivity index (χ2v) is 5.84. The summed E-state index contributed by atoms with van der Waals surface area (Å²) in [5.74, 6) is 0.788. The molecule has 0 fully saturated rings. The summed E-state index contributed by atoms with van der Waals surface area (Å²) in [7, 11) is 1.64. The number of hydrogen-bond acceptors (Lipinski definition) is 2. The highest BCUT2D eigenvalue weighted by molar-refractivity contribution is 9.10. The maximum absolute atomic E-state index is 9.64. The lowest BCUT2D eigenvalue weighted by Crippen LogP contribution is -2.08. The molecular weight excluding hydrogens is 340 g/mol. The minimum absolute atomic E-state index is 0.0102. The highest BCUT2D eigenvalue weighted by atomic mass is 79.9. The van der Waals surface area contributed by atoms with Gasteiger partial charge in [0.15, 0.2) is 0 Å². The Kier molecular flexibility index (Phi) is 5.46. The van der Waals surface area contributed by atoms with E-state index in [4.69, 9.17) is 16.3 Å². The van der Waals surface area contributed by atoms with Crippen LogP contribution in [0.25, 0.3) is 0 Å². The number of hydrogen-bond donors (Lipinski definition) is 1. The maximum atomic E-state index is 9.64. The molecule has 0 spiro atoms. The van der Waals surface area contributed by atoms with Gasteiger partial charge in [0.2, 0.25) is 0 Å². The Labute approximate surface area is 132 Å². The summed E-state index contributed by atoms with van der Waals surface area (Å²) in [5, 5.41) is 10.3. The predicted molar refractivity (Wildman–Crippen MR) is 85.7 cm³/mol. The van der Waals surface area contributed by atoms with Crippen LogP contribution >= 0.6 is 27.5 Å². The molecule has 2 rings (SSSR count). The zero-order valence-corrected chi connectivity index (χ0v) is 13.5. The Morgan fingerprint density at radius 3 is 2.60 bits per heavy atom. The van der Waals surface area contributed by atoms with Crippen LogP contribution in [-0.4, -0.2) is 18.8 Å². The molecule has 0 amide bonds. The van der Waals surface area contributed by atoms with Crippen LogP contribution in [0, 0.1) is 0 Å². The summed E-state index contributed by atoms with van der Waals surface area (Å²) in [4.78, 5) is 0. The fraction of sp³-hybridized carbons (Fsp3) is 0.250. The first kappa shape index (κ1) is 15.4. The van der Waals surface area contributed by atoms with Gasteiger partial charge in [-0.05, 0) is 51.7 Å². The van der Waals surface area contributed by atoms with Crippen molar-refractivity contribution in [1.29, 1.82) is 0 Å². The van der Waals surface area contributed by atoms with E-state index < -0.39 is 0 Å². The van der Waals surface area contributed by atoms with E-state index in [9.17, 15) is 5.11 Å². The molecule has 2 nitrogen and oxygen atoms in total. The number of ether oxygens (including phenoxy) is 1. The number of methoxy groups -OCH3 is 1.